The van der Waals surface area contributed by atoms with Crippen LogP contribution in [0.3, 0.4) is 0 Å². The second-order valence-electron chi connectivity index (χ2n) is 5.56. The Morgan fingerprint density at radius 3 is 2.46 bits per heavy atom. The van der Waals surface area contributed by atoms with Gasteiger partial charge < -0.3 is 5.11 Å². The monoisotopic (exact) mass is 359 g/mol. The van der Waals surface area contributed by atoms with Crippen molar-refractivity contribution in [2.75, 3.05) is 0 Å². The van der Waals surface area contributed by atoms with Crippen molar-refractivity contribution in [3.63, 3.8) is 0 Å². The Morgan fingerprint density at radius 1 is 1.12 bits per heavy atom. The molecule has 0 aliphatic carbocycles. The number of aromatic hydroxyl groups is 1. The number of phenols is 1. The molecule has 1 aromatic carbocycles. The van der Waals surface area contributed by atoms with Gasteiger partial charge in [0, 0.05) is 23.5 Å². The highest BCUT2D eigenvalue weighted by atomic mass is 19.4. The van der Waals surface area contributed by atoms with Gasteiger partial charge in [-0.25, -0.2) is 0 Å². The van der Waals surface area contributed by atoms with Crippen LogP contribution >= 0.6 is 0 Å². The van der Waals surface area contributed by atoms with Gasteiger partial charge in [0.15, 0.2) is 0 Å². The number of aromatic nitrogens is 3. The minimum absolute atomic E-state index is 0.0747. The highest BCUT2D eigenvalue weighted by molar-refractivity contribution is 6.07. The maximum Gasteiger partial charge on any atom is 0.416 e. The van der Waals surface area contributed by atoms with E-state index in [-0.39, 0.29) is 22.7 Å². The van der Waals surface area contributed by atoms with Crippen LogP contribution < -0.4 is 0 Å². The van der Waals surface area contributed by atoms with Gasteiger partial charge in [0.25, 0.3) is 0 Å². The average molecular weight is 359 g/mol. The molecule has 0 amide bonds. The first-order valence-corrected chi connectivity index (χ1v) is 7.47. The quantitative estimate of drug-likeness (QED) is 0.720. The van der Waals surface area contributed by atoms with Crippen LogP contribution in [0.4, 0.5) is 13.2 Å². The molecule has 0 saturated carbocycles. The number of halogens is 3. The summed E-state index contributed by atoms with van der Waals surface area (Å²) in [5.41, 5.74) is 0.231. The van der Waals surface area contributed by atoms with Gasteiger partial charge in [0.1, 0.15) is 11.4 Å². The van der Waals surface area contributed by atoms with Crippen molar-refractivity contribution < 1.29 is 23.1 Å². The zero-order valence-electron chi connectivity index (χ0n) is 13.4. The number of hydrogen-bond donors (Lipinski definition) is 1. The lowest BCUT2D eigenvalue weighted by atomic mass is 10.0. The number of benzene rings is 1. The van der Waals surface area contributed by atoms with Crippen molar-refractivity contribution in [1.29, 1.82) is 0 Å². The average Bonchev–Trinajstić information content (AvgIpc) is 2.61. The lowest BCUT2D eigenvalue weighted by Gasteiger charge is -2.11. The molecule has 3 aromatic rings. The number of carbonyl (C=O) groups excluding carboxylic acids is 1. The first-order chi connectivity index (χ1) is 12.3. The third kappa shape index (κ3) is 3.39. The Labute approximate surface area is 146 Å². The molecule has 0 aliphatic rings. The topological polar surface area (TPSA) is 76.0 Å². The van der Waals surface area contributed by atoms with E-state index in [0.29, 0.717) is 17.2 Å². The SMILES string of the molecule is Cc1cc(C(=O)c2cccnc2)nnc1-c1ccc(C(F)(F)F)cc1O. The van der Waals surface area contributed by atoms with Crippen molar-refractivity contribution in [2.24, 2.45) is 0 Å². The molecular formula is C18H12F3N3O2. The molecule has 0 fully saturated rings. The Morgan fingerprint density at radius 2 is 1.88 bits per heavy atom. The number of alkyl halides is 3. The first-order valence-electron chi connectivity index (χ1n) is 7.47. The second-order valence-corrected chi connectivity index (χ2v) is 5.56. The summed E-state index contributed by atoms with van der Waals surface area (Å²) in [6.07, 6.45) is -1.63. The predicted octanol–water partition coefficient (Wildman–Crippen LogP) is 3.80. The van der Waals surface area contributed by atoms with Crippen LogP contribution in [0.2, 0.25) is 0 Å². The molecule has 0 aliphatic heterocycles. The van der Waals surface area contributed by atoms with Gasteiger partial charge >= 0.3 is 6.18 Å². The Hall–Kier alpha value is -3.29. The van der Waals surface area contributed by atoms with Crippen LogP contribution in [-0.2, 0) is 6.18 Å². The molecule has 1 N–H and O–H groups in total. The molecule has 0 saturated heterocycles. The van der Waals surface area contributed by atoms with E-state index in [0.717, 1.165) is 12.1 Å². The van der Waals surface area contributed by atoms with Crippen LogP contribution in [-0.4, -0.2) is 26.1 Å². The number of ketones is 1. The van der Waals surface area contributed by atoms with Crippen molar-refractivity contribution >= 4 is 5.78 Å². The van der Waals surface area contributed by atoms with Crippen molar-refractivity contribution in [3.8, 4) is 17.0 Å². The zero-order chi connectivity index (χ0) is 18.9. The highest BCUT2D eigenvalue weighted by Crippen LogP contribution is 2.36. The van der Waals surface area contributed by atoms with Gasteiger partial charge in [-0.05, 0) is 48.9 Å². The van der Waals surface area contributed by atoms with Gasteiger partial charge in [-0.2, -0.15) is 13.2 Å². The molecule has 0 atom stereocenters. The summed E-state index contributed by atoms with van der Waals surface area (Å²) in [6, 6.07) is 7.27. The molecule has 8 heteroatoms. The molecule has 0 bridgehead atoms. The van der Waals surface area contributed by atoms with Crippen LogP contribution in [0.25, 0.3) is 11.3 Å². The molecule has 132 valence electrons. The van der Waals surface area contributed by atoms with Crippen LogP contribution in [0, 0.1) is 6.92 Å². The maximum absolute atomic E-state index is 12.7. The van der Waals surface area contributed by atoms with E-state index in [1.807, 2.05) is 0 Å². The van der Waals surface area contributed by atoms with E-state index < -0.39 is 17.5 Å². The Balaban J connectivity index is 1.97. The van der Waals surface area contributed by atoms with E-state index in [9.17, 15) is 23.1 Å². The molecule has 0 unspecified atom stereocenters. The number of aryl methyl sites for hydroxylation is 1. The Bertz CT molecular complexity index is 973. The van der Waals surface area contributed by atoms with E-state index in [1.54, 1.807) is 19.1 Å². The molecule has 0 spiro atoms. The summed E-state index contributed by atoms with van der Waals surface area (Å²) < 4.78 is 38.1. The molecular weight excluding hydrogens is 347 g/mol. The predicted molar refractivity (Wildman–Crippen MR) is 86.5 cm³/mol. The largest absolute Gasteiger partial charge is 0.507 e. The molecule has 5 nitrogen and oxygen atoms in total. The highest BCUT2D eigenvalue weighted by Gasteiger charge is 2.31. The summed E-state index contributed by atoms with van der Waals surface area (Å²) in [4.78, 5) is 16.2. The molecule has 2 aromatic heterocycles. The number of carbonyl (C=O) groups is 1. The van der Waals surface area contributed by atoms with Crippen LogP contribution in [0.1, 0.15) is 27.2 Å². The summed E-state index contributed by atoms with van der Waals surface area (Å²) in [6.45, 7) is 1.63. The zero-order valence-corrected chi connectivity index (χ0v) is 13.4. The number of phenolic OH excluding ortho intramolecular Hbond substituents is 1. The van der Waals surface area contributed by atoms with Crippen LogP contribution in [0.15, 0.2) is 48.8 Å². The molecule has 3 rings (SSSR count). The summed E-state index contributed by atoms with van der Waals surface area (Å²) in [5.74, 6) is -0.944. The minimum Gasteiger partial charge on any atom is -0.507 e. The van der Waals surface area contributed by atoms with Gasteiger partial charge in [-0.1, -0.05) is 0 Å². The van der Waals surface area contributed by atoms with E-state index >= 15 is 0 Å². The maximum atomic E-state index is 12.7. The third-order valence-corrected chi connectivity index (χ3v) is 3.72. The van der Waals surface area contributed by atoms with Crippen molar-refractivity contribution in [1.82, 2.24) is 15.2 Å². The second kappa shape index (κ2) is 6.55. The number of pyridine rings is 1. The Kier molecular flexibility index (Phi) is 4.41. The van der Waals surface area contributed by atoms with E-state index in [2.05, 4.69) is 15.2 Å². The first kappa shape index (κ1) is 17.5. The lowest BCUT2D eigenvalue weighted by molar-refractivity contribution is -0.137. The summed E-state index contributed by atoms with van der Waals surface area (Å²) >= 11 is 0. The van der Waals surface area contributed by atoms with Gasteiger partial charge in [-0.3, -0.25) is 9.78 Å². The third-order valence-electron chi connectivity index (χ3n) is 3.72. The van der Waals surface area contributed by atoms with Gasteiger partial charge in [-0.15, -0.1) is 10.2 Å². The molecule has 2 heterocycles. The fourth-order valence-electron chi connectivity index (χ4n) is 2.42. The standard InChI is InChI=1S/C18H12F3N3O2/c1-10-7-14(17(26)11-3-2-6-22-9-11)23-24-16(10)13-5-4-12(8-15(13)25)18(19,20)21/h2-9,25H,1H3. The van der Waals surface area contributed by atoms with Crippen LogP contribution in [0.5, 0.6) is 5.75 Å². The molecule has 0 radical (unpaired) electrons. The van der Waals surface area contributed by atoms with E-state index in [4.69, 9.17) is 0 Å². The van der Waals surface area contributed by atoms with Gasteiger partial charge in [0.2, 0.25) is 5.78 Å². The summed E-state index contributed by atoms with van der Waals surface area (Å²) in [5, 5.41) is 17.7. The van der Waals surface area contributed by atoms with E-state index in [1.165, 1.54) is 18.5 Å². The molecule has 26 heavy (non-hydrogen) atoms. The lowest BCUT2D eigenvalue weighted by Crippen LogP contribution is -2.08. The number of rotatable bonds is 3. The number of nitrogens with zero attached hydrogens (tertiary/aromatic N) is 3. The minimum atomic E-state index is -4.56. The van der Waals surface area contributed by atoms with Crippen molar-refractivity contribution in [3.05, 3.63) is 71.2 Å². The normalized spacial score (nSPS) is 11.4. The van der Waals surface area contributed by atoms with Gasteiger partial charge in [0.05, 0.1) is 11.3 Å². The fraction of sp³-hybridized carbons (Fsp3) is 0.111. The van der Waals surface area contributed by atoms with Crippen molar-refractivity contribution in [2.45, 2.75) is 13.1 Å². The summed E-state index contributed by atoms with van der Waals surface area (Å²) in [7, 11) is 0. The smallest absolute Gasteiger partial charge is 0.416 e. The number of hydrogen-bond acceptors (Lipinski definition) is 5. The fourth-order valence-corrected chi connectivity index (χ4v) is 2.42.